The molecule has 3 N–H and O–H groups in total. The van der Waals surface area contributed by atoms with Crippen LogP contribution in [0.25, 0.3) is 0 Å². The lowest BCUT2D eigenvalue weighted by molar-refractivity contribution is -0.416. The summed E-state index contributed by atoms with van der Waals surface area (Å²) >= 11 is 0. The summed E-state index contributed by atoms with van der Waals surface area (Å²) in [4.78, 5) is 12.0. The van der Waals surface area contributed by atoms with Gasteiger partial charge in [0.15, 0.2) is 17.9 Å². The molecule has 7 atom stereocenters. The van der Waals surface area contributed by atoms with Gasteiger partial charge in [-0.15, -0.1) is 0 Å². The Labute approximate surface area is 158 Å². The van der Waals surface area contributed by atoms with Crippen LogP contribution in [0.1, 0.15) is 40.0 Å². The monoisotopic (exact) mass is 384 g/mol. The number of carbonyl (C=O) groups is 1. The van der Waals surface area contributed by atoms with Gasteiger partial charge in [-0.05, 0) is 25.0 Å². The van der Waals surface area contributed by atoms with Gasteiger partial charge in [0.1, 0.15) is 31.0 Å². The van der Waals surface area contributed by atoms with Crippen molar-refractivity contribution in [1.29, 1.82) is 0 Å². The van der Waals surface area contributed by atoms with Crippen LogP contribution >= 0.6 is 0 Å². The molecule has 0 aromatic heterocycles. The molecular formula is C19H28O8. The van der Waals surface area contributed by atoms with Gasteiger partial charge in [0, 0.05) is 18.3 Å². The van der Waals surface area contributed by atoms with Crippen LogP contribution < -0.4 is 0 Å². The molecule has 8 nitrogen and oxygen atoms in total. The van der Waals surface area contributed by atoms with Crippen LogP contribution in [0.4, 0.5) is 0 Å². The van der Waals surface area contributed by atoms with E-state index in [4.69, 9.17) is 18.9 Å². The molecule has 0 unspecified atom stereocenters. The van der Waals surface area contributed by atoms with Crippen LogP contribution in [0.3, 0.4) is 0 Å². The van der Waals surface area contributed by atoms with Crippen molar-refractivity contribution < 1.29 is 39.1 Å². The van der Waals surface area contributed by atoms with Gasteiger partial charge in [-0.3, -0.25) is 4.79 Å². The van der Waals surface area contributed by atoms with Crippen LogP contribution in [0.2, 0.25) is 0 Å². The Morgan fingerprint density at radius 1 is 1.22 bits per heavy atom. The van der Waals surface area contributed by atoms with Crippen molar-refractivity contribution in [3.8, 4) is 0 Å². The third-order valence-corrected chi connectivity index (χ3v) is 6.59. The minimum Gasteiger partial charge on any atom is -0.394 e. The second-order valence-electron chi connectivity index (χ2n) is 8.79. The van der Waals surface area contributed by atoms with Crippen molar-refractivity contribution >= 4 is 5.78 Å². The van der Waals surface area contributed by atoms with Gasteiger partial charge in [0.2, 0.25) is 0 Å². The van der Waals surface area contributed by atoms with Gasteiger partial charge in [-0.25, -0.2) is 0 Å². The highest BCUT2D eigenvalue weighted by Crippen LogP contribution is 2.57. The van der Waals surface area contributed by atoms with E-state index >= 15 is 0 Å². The largest absolute Gasteiger partial charge is 0.394 e. The normalized spacial score (nSPS) is 49.3. The molecule has 4 aliphatic rings. The Hall–Kier alpha value is -0.870. The van der Waals surface area contributed by atoms with Crippen molar-refractivity contribution in [2.45, 2.75) is 82.1 Å². The summed E-state index contributed by atoms with van der Waals surface area (Å²) in [5.41, 5.74) is -0.188. The van der Waals surface area contributed by atoms with Gasteiger partial charge < -0.3 is 34.3 Å². The molecule has 0 saturated carbocycles. The van der Waals surface area contributed by atoms with E-state index in [1.807, 2.05) is 20.8 Å². The highest BCUT2D eigenvalue weighted by atomic mass is 16.8. The fourth-order valence-corrected chi connectivity index (χ4v) is 5.05. The number of carbonyl (C=O) groups excluding carboxylic acids is 1. The summed E-state index contributed by atoms with van der Waals surface area (Å²) in [5.74, 6) is -0.993. The molecule has 0 aromatic carbocycles. The average molecular weight is 384 g/mol. The van der Waals surface area contributed by atoms with Crippen LogP contribution in [-0.2, 0) is 23.7 Å². The Bertz CT molecular complexity index is 658. The SMILES string of the molecule is CC1=CC(=O)CC(C)(C)[C@]12CC[C@@]1(CO[C@H]3O[C@@H](CO)[C@H](O)[C@@H](O)[C@@H]3O1)O2. The molecule has 0 bridgehead atoms. The Morgan fingerprint density at radius 3 is 2.63 bits per heavy atom. The highest BCUT2D eigenvalue weighted by Gasteiger charge is 2.63. The first-order chi connectivity index (χ1) is 12.6. The number of aliphatic hydroxyl groups excluding tert-OH is 3. The average Bonchev–Trinajstić information content (AvgIpc) is 2.98. The number of allylic oxidation sites excluding steroid dienone is 1. The van der Waals surface area contributed by atoms with E-state index in [9.17, 15) is 20.1 Å². The fourth-order valence-electron chi connectivity index (χ4n) is 5.05. The van der Waals surface area contributed by atoms with Crippen molar-refractivity contribution in [1.82, 2.24) is 0 Å². The molecule has 0 amide bonds. The van der Waals surface area contributed by atoms with Crippen LogP contribution in [0.15, 0.2) is 11.6 Å². The summed E-state index contributed by atoms with van der Waals surface area (Å²) in [5, 5.41) is 29.9. The topological polar surface area (TPSA) is 115 Å². The van der Waals surface area contributed by atoms with Gasteiger partial charge >= 0.3 is 0 Å². The molecule has 2 spiro atoms. The van der Waals surface area contributed by atoms with E-state index < -0.39 is 54.1 Å². The van der Waals surface area contributed by atoms with Crippen LogP contribution in [-0.4, -0.2) is 76.4 Å². The maximum atomic E-state index is 12.0. The molecule has 0 aromatic rings. The second-order valence-corrected chi connectivity index (χ2v) is 8.79. The molecule has 8 heteroatoms. The zero-order valence-corrected chi connectivity index (χ0v) is 15.9. The summed E-state index contributed by atoms with van der Waals surface area (Å²) in [7, 11) is 0. The number of hydrogen-bond donors (Lipinski definition) is 3. The number of fused-ring (bicyclic) bond motifs is 1. The van der Waals surface area contributed by atoms with E-state index in [0.29, 0.717) is 19.3 Å². The smallest absolute Gasteiger partial charge is 0.193 e. The first kappa shape index (κ1) is 19.4. The summed E-state index contributed by atoms with van der Waals surface area (Å²) in [6, 6.07) is 0. The Morgan fingerprint density at radius 2 is 1.96 bits per heavy atom. The minimum absolute atomic E-state index is 0.0859. The third-order valence-electron chi connectivity index (χ3n) is 6.59. The predicted molar refractivity (Wildman–Crippen MR) is 91.5 cm³/mol. The maximum Gasteiger partial charge on any atom is 0.193 e. The Balaban J connectivity index is 1.59. The third kappa shape index (κ3) is 2.81. The quantitative estimate of drug-likeness (QED) is 0.580. The van der Waals surface area contributed by atoms with E-state index in [1.165, 1.54) is 0 Å². The van der Waals surface area contributed by atoms with Crippen molar-refractivity contribution in [2.75, 3.05) is 13.2 Å². The highest BCUT2D eigenvalue weighted by molar-refractivity contribution is 5.92. The number of ketones is 1. The lowest BCUT2D eigenvalue weighted by Crippen LogP contribution is -2.66. The predicted octanol–water partition coefficient (Wildman–Crippen LogP) is 0.0316. The molecule has 3 fully saturated rings. The molecule has 27 heavy (non-hydrogen) atoms. The molecule has 3 saturated heterocycles. The summed E-state index contributed by atoms with van der Waals surface area (Å²) in [6.45, 7) is 5.61. The van der Waals surface area contributed by atoms with Gasteiger partial charge in [-0.1, -0.05) is 13.8 Å². The number of ether oxygens (including phenoxy) is 4. The summed E-state index contributed by atoms with van der Waals surface area (Å²) in [6.07, 6.45) is -2.07. The lowest BCUT2D eigenvalue weighted by atomic mass is 9.63. The van der Waals surface area contributed by atoms with Crippen molar-refractivity contribution in [3.05, 3.63) is 11.6 Å². The number of aliphatic hydroxyl groups is 3. The van der Waals surface area contributed by atoms with Crippen LogP contribution in [0.5, 0.6) is 0 Å². The molecule has 0 radical (unpaired) electrons. The lowest BCUT2D eigenvalue weighted by Gasteiger charge is -2.51. The zero-order valence-electron chi connectivity index (χ0n) is 15.9. The molecule has 152 valence electrons. The van der Waals surface area contributed by atoms with Gasteiger partial charge in [0.05, 0.1) is 12.2 Å². The van der Waals surface area contributed by atoms with E-state index in [0.717, 1.165) is 5.57 Å². The minimum atomic E-state index is -1.28. The molecule has 4 rings (SSSR count). The number of rotatable bonds is 1. The first-order valence-corrected chi connectivity index (χ1v) is 9.47. The van der Waals surface area contributed by atoms with Crippen molar-refractivity contribution in [2.24, 2.45) is 5.41 Å². The van der Waals surface area contributed by atoms with Gasteiger partial charge in [0.25, 0.3) is 0 Å². The zero-order chi connectivity index (χ0) is 19.6. The standard InChI is InChI=1S/C19H28O8/c1-10-6-11(21)7-17(2,3)19(10)5-4-18(27-19)9-24-16-15(26-18)14(23)13(22)12(8-20)25-16/h6,12-16,20,22-23H,4-5,7-9H2,1-3H3/t12-,13-,14+,15-,16-,18-,19-/m0/s1. The molecule has 1 aliphatic carbocycles. The van der Waals surface area contributed by atoms with Crippen molar-refractivity contribution in [3.63, 3.8) is 0 Å². The summed E-state index contributed by atoms with van der Waals surface area (Å²) < 4.78 is 24.0. The van der Waals surface area contributed by atoms with E-state index in [1.54, 1.807) is 6.08 Å². The maximum absolute atomic E-state index is 12.0. The van der Waals surface area contributed by atoms with E-state index in [2.05, 4.69) is 0 Å². The molecular weight excluding hydrogens is 356 g/mol. The van der Waals surface area contributed by atoms with E-state index in [-0.39, 0.29) is 12.4 Å². The number of hydrogen-bond acceptors (Lipinski definition) is 8. The second kappa shape index (κ2) is 6.32. The fraction of sp³-hybridized carbons (Fsp3) is 0.842. The van der Waals surface area contributed by atoms with Gasteiger partial charge in [-0.2, -0.15) is 0 Å². The first-order valence-electron chi connectivity index (χ1n) is 9.47. The Kier molecular flexibility index (Phi) is 4.55. The molecule has 3 aliphatic heterocycles. The molecule has 3 heterocycles. The van der Waals surface area contributed by atoms with Crippen LogP contribution in [0, 0.1) is 5.41 Å².